The van der Waals surface area contributed by atoms with Crippen molar-refractivity contribution < 1.29 is 5.11 Å². The third-order valence-electron chi connectivity index (χ3n) is 3.28. The number of aromatic hydroxyl groups is 1. The fraction of sp³-hybridized carbons (Fsp3) is 0.267. The van der Waals surface area contributed by atoms with Gasteiger partial charge in [0.05, 0.1) is 0 Å². The molecule has 2 N–H and O–H groups in total. The Morgan fingerprint density at radius 1 is 1.13 bits per heavy atom. The summed E-state index contributed by atoms with van der Waals surface area (Å²) in [7, 11) is 6.20. The van der Waals surface area contributed by atoms with E-state index in [2.05, 4.69) is 10.3 Å². The minimum atomic E-state index is -0.667. The Kier molecular flexibility index (Phi) is 4.54. The minimum absolute atomic E-state index is 0.207. The van der Waals surface area contributed by atoms with Crippen molar-refractivity contribution in [3.05, 3.63) is 51.2 Å². The maximum absolute atomic E-state index is 12.2. The highest BCUT2D eigenvalue weighted by atomic mass is 16.3. The van der Waals surface area contributed by atoms with Crippen molar-refractivity contribution in [1.82, 2.24) is 14.0 Å². The lowest BCUT2D eigenvalue weighted by Crippen LogP contribution is -2.37. The lowest BCUT2D eigenvalue weighted by molar-refractivity contribution is 0.414. The quantitative estimate of drug-likeness (QED) is 0.620. The first-order valence-electron chi connectivity index (χ1n) is 6.90. The molecule has 2 aromatic rings. The van der Waals surface area contributed by atoms with Gasteiger partial charge >= 0.3 is 5.69 Å². The first-order valence-corrected chi connectivity index (χ1v) is 6.90. The molecule has 0 bridgehead atoms. The molecule has 0 saturated carbocycles. The van der Waals surface area contributed by atoms with Gasteiger partial charge in [-0.2, -0.15) is 0 Å². The molecule has 23 heavy (non-hydrogen) atoms. The van der Waals surface area contributed by atoms with Crippen LogP contribution in [0.1, 0.15) is 0 Å². The van der Waals surface area contributed by atoms with E-state index < -0.39 is 17.1 Å². The Morgan fingerprint density at radius 2 is 1.74 bits per heavy atom. The van der Waals surface area contributed by atoms with Crippen LogP contribution in [0.15, 0.2) is 44.9 Å². The summed E-state index contributed by atoms with van der Waals surface area (Å²) in [6.07, 6.45) is 0. The van der Waals surface area contributed by atoms with Crippen LogP contribution in [0.4, 0.5) is 11.4 Å². The highest BCUT2D eigenvalue weighted by Gasteiger charge is 2.16. The van der Waals surface area contributed by atoms with Gasteiger partial charge in [0.1, 0.15) is 0 Å². The number of hydrogen-bond donors (Lipinski definition) is 2. The molecular formula is C15H19N5O3. The van der Waals surface area contributed by atoms with E-state index >= 15 is 0 Å². The van der Waals surface area contributed by atoms with Crippen LogP contribution in [0, 0.1) is 0 Å². The van der Waals surface area contributed by atoms with Crippen LogP contribution in [0.2, 0.25) is 0 Å². The Morgan fingerprint density at radius 3 is 2.30 bits per heavy atom. The molecule has 8 nitrogen and oxygen atoms in total. The molecule has 0 aliphatic heterocycles. The Labute approximate surface area is 132 Å². The van der Waals surface area contributed by atoms with Crippen LogP contribution in [-0.4, -0.2) is 39.2 Å². The molecule has 1 heterocycles. The zero-order valence-corrected chi connectivity index (χ0v) is 13.4. The van der Waals surface area contributed by atoms with Crippen molar-refractivity contribution in [2.24, 2.45) is 19.1 Å². The monoisotopic (exact) mass is 317 g/mol. The summed E-state index contributed by atoms with van der Waals surface area (Å²) in [5, 5.41) is 13.1. The van der Waals surface area contributed by atoms with E-state index in [0.29, 0.717) is 5.96 Å². The second-order valence-electron chi connectivity index (χ2n) is 5.20. The zero-order valence-electron chi connectivity index (χ0n) is 13.4. The second kappa shape index (κ2) is 6.39. The van der Waals surface area contributed by atoms with Crippen LogP contribution in [0.3, 0.4) is 0 Å². The van der Waals surface area contributed by atoms with Gasteiger partial charge in [-0.3, -0.25) is 13.9 Å². The summed E-state index contributed by atoms with van der Waals surface area (Å²) in [4.78, 5) is 29.8. The Bertz CT molecular complexity index is 850. The maximum atomic E-state index is 12.2. The molecule has 0 fully saturated rings. The largest absolute Gasteiger partial charge is 0.493 e. The number of benzene rings is 1. The molecule has 0 aliphatic rings. The van der Waals surface area contributed by atoms with Crippen molar-refractivity contribution in [2.45, 2.75) is 0 Å². The van der Waals surface area contributed by atoms with Crippen molar-refractivity contribution in [3.8, 4) is 5.88 Å². The molecule has 0 atom stereocenters. The van der Waals surface area contributed by atoms with E-state index in [1.54, 1.807) is 19.0 Å². The molecule has 0 radical (unpaired) electrons. The van der Waals surface area contributed by atoms with Gasteiger partial charge in [-0.1, -0.05) is 18.2 Å². The molecule has 0 aliphatic carbocycles. The molecule has 122 valence electrons. The zero-order chi connectivity index (χ0) is 17.1. The van der Waals surface area contributed by atoms with Crippen molar-refractivity contribution in [1.29, 1.82) is 0 Å². The highest BCUT2D eigenvalue weighted by molar-refractivity contribution is 5.95. The topological polar surface area (TPSA) is 91.9 Å². The summed E-state index contributed by atoms with van der Waals surface area (Å²) in [6, 6.07) is 9.29. The average Bonchev–Trinajstić information content (AvgIpc) is 2.54. The highest BCUT2D eigenvalue weighted by Crippen LogP contribution is 2.19. The molecule has 0 amide bonds. The van der Waals surface area contributed by atoms with Crippen LogP contribution in [-0.2, 0) is 14.1 Å². The average molecular weight is 317 g/mol. The number of para-hydroxylation sites is 1. The van der Waals surface area contributed by atoms with E-state index in [0.717, 1.165) is 14.8 Å². The number of guanidine groups is 1. The minimum Gasteiger partial charge on any atom is -0.493 e. The lowest BCUT2D eigenvalue weighted by Gasteiger charge is -2.18. The van der Waals surface area contributed by atoms with Crippen molar-refractivity contribution in [3.63, 3.8) is 0 Å². The van der Waals surface area contributed by atoms with Gasteiger partial charge in [-0.25, -0.2) is 9.79 Å². The number of hydrogen-bond acceptors (Lipinski definition) is 4. The smallest absolute Gasteiger partial charge is 0.333 e. The van der Waals surface area contributed by atoms with E-state index in [1.807, 2.05) is 30.3 Å². The third kappa shape index (κ3) is 3.25. The van der Waals surface area contributed by atoms with Gasteiger partial charge in [0.2, 0.25) is 11.8 Å². The van der Waals surface area contributed by atoms with E-state index in [1.165, 1.54) is 14.1 Å². The summed E-state index contributed by atoms with van der Waals surface area (Å²) in [5.41, 5.74) is -0.712. The number of anilines is 1. The number of rotatable bonds is 2. The normalized spacial score (nSPS) is 11.4. The molecule has 1 aromatic carbocycles. The molecule has 0 spiro atoms. The van der Waals surface area contributed by atoms with Gasteiger partial charge in [0.15, 0.2) is 5.69 Å². The van der Waals surface area contributed by atoms with Crippen molar-refractivity contribution >= 4 is 17.3 Å². The number of aliphatic imine (C=N–C) groups is 1. The molecular weight excluding hydrogens is 298 g/mol. The predicted molar refractivity (Wildman–Crippen MR) is 89.4 cm³/mol. The van der Waals surface area contributed by atoms with Crippen molar-refractivity contribution in [2.75, 3.05) is 19.4 Å². The van der Waals surface area contributed by atoms with E-state index in [-0.39, 0.29) is 5.69 Å². The standard InChI is InChI=1S/C15H19N5O3/c1-18(2)14(16-10-8-6-5-7-9-10)17-11-12(21)19(3)15(23)20(4)13(11)22/h5-9,21H,1-4H3,(H,16,17). The van der Waals surface area contributed by atoms with Gasteiger partial charge in [-0.15, -0.1) is 0 Å². The van der Waals surface area contributed by atoms with Gasteiger partial charge < -0.3 is 15.3 Å². The summed E-state index contributed by atoms with van der Waals surface area (Å²) < 4.78 is 1.87. The predicted octanol–water partition coefficient (Wildman–Crippen LogP) is 0.451. The molecule has 1 aromatic heterocycles. The van der Waals surface area contributed by atoms with E-state index in [9.17, 15) is 14.7 Å². The molecule has 0 saturated heterocycles. The fourth-order valence-corrected chi connectivity index (χ4v) is 1.91. The van der Waals surface area contributed by atoms with Gasteiger partial charge in [0, 0.05) is 33.9 Å². The van der Waals surface area contributed by atoms with Crippen LogP contribution in [0.25, 0.3) is 0 Å². The molecule has 0 unspecified atom stereocenters. The number of aromatic nitrogens is 2. The van der Waals surface area contributed by atoms with Crippen LogP contribution < -0.4 is 16.6 Å². The summed E-state index contributed by atoms with van der Waals surface area (Å²) in [5.74, 6) is -0.130. The van der Waals surface area contributed by atoms with Crippen LogP contribution >= 0.6 is 0 Å². The first-order chi connectivity index (χ1) is 10.8. The maximum Gasteiger partial charge on any atom is 0.333 e. The summed E-state index contributed by atoms with van der Waals surface area (Å²) >= 11 is 0. The van der Waals surface area contributed by atoms with Gasteiger partial charge in [0.25, 0.3) is 5.56 Å². The Hall–Kier alpha value is -3.03. The van der Waals surface area contributed by atoms with E-state index in [4.69, 9.17) is 0 Å². The molecule has 2 rings (SSSR count). The fourth-order valence-electron chi connectivity index (χ4n) is 1.91. The SMILES string of the molecule is CN(C)C(=Nc1c(O)n(C)c(=O)n(C)c1=O)Nc1ccccc1. The number of nitrogens with one attached hydrogen (secondary N) is 1. The van der Waals surface area contributed by atoms with Gasteiger partial charge in [-0.05, 0) is 12.1 Å². The van der Waals surface area contributed by atoms with Crippen LogP contribution in [0.5, 0.6) is 5.88 Å². The summed E-state index contributed by atoms with van der Waals surface area (Å²) in [6.45, 7) is 0. The lowest BCUT2D eigenvalue weighted by atomic mass is 10.3. The molecule has 8 heteroatoms. The second-order valence-corrected chi connectivity index (χ2v) is 5.20. The first kappa shape index (κ1) is 16.3. The number of nitrogens with zero attached hydrogens (tertiary/aromatic N) is 4. The Balaban J connectivity index is 2.57. The third-order valence-corrected chi connectivity index (χ3v) is 3.28.